The zero-order chi connectivity index (χ0) is 17.3. The van der Waals surface area contributed by atoms with E-state index in [0.717, 1.165) is 11.4 Å². The van der Waals surface area contributed by atoms with E-state index < -0.39 is 0 Å². The molecule has 2 nitrogen and oxygen atoms in total. The summed E-state index contributed by atoms with van der Waals surface area (Å²) in [6, 6.07) is 15.3. The normalized spacial score (nSPS) is 11.5. The van der Waals surface area contributed by atoms with Crippen molar-refractivity contribution in [3.63, 3.8) is 0 Å². The van der Waals surface area contributed by atoms with Gasteiger partial charge in [-0.1, -0.05) is 75.7 Å². The van der Waals surface area contributed by atoms with Gasteiger partial charge in [-0.3, -0.25) is 4.57 Å². The molecule has 0 aliphatic heterocycles. The second-order valence-corrected chi connectivity index (χ2v) is 7.08. The molecule has 0 aliphatic carbocycles. The summed E-state index contributed by atoms with van der Waals surface area (Å²) in [4.78, 5) is 4.66. The SMILES string of the molecule is Cc1ccc(-c2nccn2-c2c(C(C)C)cccc2C(C)C)cc1. The quantitative estimate of drug-likeness (QED) is 0.569. The number of aryl methyl sites for hydroxylation is 1. The van der Waals surface area contributed by atoms with Gasteiger partial charge in [-0.2, -0.15) is 0 Å². The molecule has 2 aromatic carbocycles. The molecule has 1 aromatic heterocycles. The highest BCUT2D eigenvalue weighted by atomic mass is 15.1. The highest BCUT2D eigenvalue weighted by Crippen LogP contribution is 2.33. The first-order valence-electron chi connectivity index (χ1n) is 8.72. The number of imidazole rings is 1. The standard InChI is InChI=1S/C22H26N2/c1-15(2)19-7-6-8-20(16(3)4)21(19)24-14-13-23-22(24)18-11-9-17(5)10-12-18/h6-16H,1-5H3. The number of para-hydroxylation sites is 1. The second-order valence-electron chi connectivity index (χ2n) is 7.08. The van der Waals surface area contributed by atoms with Crippen molar-refractivity contribution in [1.29, 1.82) is 0 Å². The Balaban J connectivity index is 2.24. The van der Waals surface area contributed by atoms with Gasteiger partial charge in [0.05, 0.1) is 5.69 Å². The minimum atomic E-state index is 0.465. The number of nitrogens with zero attached hydrogens (tertiary/aromatic N) is 2. The third kappa shape index (κ3) is 3.01. The predicted molar refractivity (Wildman–Crippen MR) is 102 cm³/mol. The molecule has 0 unspecified atom stereocenters. The van der Waals surface area contributed by atoms with Crippen molar-refractivity contribution in [3.8, 4) is 17.1 Å². The van der Waals surface area contributed by atoms with Crippen LogP contribution in [0.3, 0.4) is 0 Å². The van der Waals surface area contributed by atoms with Crippen molar-refractivity contribution in [2.45, 2.75) is 46.5 Å². The molecule has 2 heteroatoms. The summed E-state index contributed by atoms with van der Waals surface area (Å²) >= 11 is 0. The number of benzene rings is 2. The van der Waals surface area contributed by atoms with Crippen LogP contribution >= 0.6 is 0 Å². The molecule has 0 fully saturated rings. The fraction of sp³-hybridized carbons (Fsp3) is 0.318. The molecular weight excluding hydrogens is 292 g/mol. The lowest BCUT2D eigenvalue weighted by molar-refractivity contribution is 0.807. The Morgan fingerprint density at radius 2 is 1.42 bits per heavy atom. The molecule has 0 atom stereocenters. The van der Waals surface area contributed by atoms with E-state index in [0.29, 0.717) is 11.8 Å². The Labute approximate surface area is 145 Å². The van der Waals surface area contributed by atoms with E-state index in [9.17, 15) is 0 Å². The van der Waals surface area contributed by atoms with E-state index in [4.69, 9.17) is 0 Å². The number of aromatic nitrogens is 2. The van der Waals surface area contributed by atoms with Gasteiger partial charge < -0.3 is 0 Å². The zero-order valence-corrected chi connectivity index (χ0v) is 15.2. The Kier molecular flexibility index (Phi) is 4.57. The highest BCUT2D eigenvalue weighted by Gasteiger charge is 2.18. The average Bonchev–Trinajstić information content (AvgIpc) is 3.03. The molecule has 3 aromatic rings. The van der Waals surface area contributed by atoms with Gasteiger partial charge in [0.2, 0.25) is 0 Å². The molecule has 0 bridgehead atoms. The van der Waals surface area contributed by atoms with Gasteiger partial charge in [0, 0.05) is 18.0 Å². The van der Waals surface area contributed by atoms with Crippen LogP contribution < -0.4 is 0 Å². The predicted octanol–water partition coefficient (Wildman–Crippen LogP) is 6.09. The molecular formula is C22H26N2. The van der Waals surface area contributed by atoms with Crippen LogP contribution in [0.1, 0.15) is 56.2 Å². The van der Waals surface area contributed by atoms with E-state index in [1.54, 1.807) is 0 Å². The third-order valence-corrected chi connectivity index (χ3v) is 4.53. The average molecular weight is 318 g/mol. The summed E-state index contributed by atoms with van der Waals surface area (Å²) < 4.78 is 2.26. The smallest absolute Gasteiger partial charge is 0.144 e. The fourth-order valence-electron chi connectivity index (χ4n) is 3.19. The van der Waals surface area contributed by atoms with Crippen molar-refractivity contribution in [3.05, 3.63) is 71.5 Å². The minimum Gasteiger partial charge on any atom is -0.299 e. The van der Waals surface area contributed by atoms with E-state index in [1.807, 2.05) is 6.20 Å². The largest absolute Gasteiger partial charge is 0.299 e. The van der Waals surface area contributed by atoms with Gasteiger partial charge in [-0.15, -0.1) is 0 Å². The molecule has 0 amide bonds. The van der Waals surface area contributed by atoms with Crippen LogP contribution in [0.25, 0.3) is 17.1 Å². The Morgan fingerprint density at radius 1 is 0.833 bits per heavy atom. The van der Waals surface area contributed by atoms with Crippen LogP contribution in [0.2, 0.25) is 0 Å². The maximum absolute atomic E-state index is 4.66. The van der Waals surface area contributed by atoms with Crippen molar-refractivity contribution < 1.29 is 0 Å². The van der Waals surface area contributed by atoms with Crippen LogP contribution in [0.4, 0.5) is 0 Å². The van der Waals surface area contributed by atoms with E-state index in [2.05, 4.69) is 92.8 Å². The maximum Gasteiger partial charge on any atom is 0.144 e. The lowest BCUT2D eigenvalue weighted by Crippen LogP contribution is -2.07. The summed E-state index contributed by atoms with van der Waals surface area (Å²) in [7, 11) is 0. The third-order valence-electron chi connectivity index (χ3n) is 4.53. The number of hydrogen-bond donors (Lipinski definition) is 0. The second kappa shape index (κ2) is 6.64. The van der Waals surface area contributed by atoms with Crippen molar-refractivity contribution in [2.24, 2.45) is 0 Å². The first-order chi connectivity index (χ1) is 11.5. The molecule has 0 spiro atoms. The molecule has 124 valence electrons. The van der Waals surface area contributed by atoms with Gasteiger partial charge >= 0.3 is 0 Å². The van der Waals surface area contributed by atoms with Gasteiger partial charge in [-0.25, -0.2) is 4.98 Å². The van der Waals surface area contributed by atoms with Crippen molar-refractivity contribution >= 4 is 0 Å². The Morgan fingerprint density at radius 3 is 1.96 bits per heavy atom. The first-order valence-corrected chi connectivity index (χ1v) is 8.72. The lowest BCUT2D eigenvalue weighted by atomic mass is 9.92. The van der Waals surface area contributed by atoms with Gasteiger partial charge in [0.25, 0.3) is 0 Å². The van der Waals surface area contributed by atoms with Gasteiger partial charge in [0.15, 0.2) is 0 Å². The molecule has 0 radical (unpaired) electrons. The van der Waals surface area contributed by atoms with Crippen molar-refractivity contribution in [2.75, 3.05) is 0 Å². The van der Waals surface area contributed by atoms with Crippen LogP contribution in [0.15, 0.2) is 54.9 Å². The molecule has 24 heavy (non-hydrogen) atoms. The molecule has 0 saturated carbocycles. The number of rotatable bonds is 4. The summed E-state index contributed by atoms with van der Waals surface area (Å²) in [5.74, 6) is 1.93. The first kappa shape index (κ1) is 16.5. The summed E-state index contributed by atoms with van der Waals surface area (Å²) in [5, 5.41) is 0. The summed E-state index contributed by atoms with van der Waals surface area (Å²) in [6.45, 7) is 11.1. The zero-order valence-electron chi connectivity index (χ0n) is 15.2. The maximum atomic E-state index is 4.66. The van der Waals surface area contributed by atoms with Crippen LogP contribution in [-0.4, -0.2) is 9.55 Å². The fourth-order valence-corrected chi connectivity index (χ4v) is 3.19. The molecule has 3 rings (SSSR count). The molecule has 0 aliphatic rings. The number of hydrogen-bond acceptors (Lipinski definition) is 1. The summed E-state index contributed by atoms with van der Waals surface area (Å²) in [6.07, 6.45) is 3.98. The highest BCUT2D eigenvalue weighted by molar-refractivity contribution is 5.62. The topological polar surface area (TPSA) is 17.8 Å². The Bertz CT molecular complexity index is 797. The molecule has 0 saturated heterocycles. The van der Waals surface area contributed by atoms with Crippen LogP contribution in [0.5, 0.6) is 0 Å². The summed E-state index contributed by atoms with van der Waals surface area (Å²) in [5.41, 5.74) is 6.44. The van der Waals surface area contributed by atoms with Gasteiger partial charge in [-0.05, 0) is 29.9 Å². The van der Waals surface area contributed by atoms with E-state index in [1.165, 1.54) is 22.4 Å². The van der Waals surface area contributed by atoms with E-state index in [-0.39, 0.29) is 0 Å². The van der Waals surface area contributed by atoms with Gasteiger partial charge in [0.1, 0.15) is 5.82 Å². The van der Waals surface area contributed by atoms with E-state index >= 15 is 0 Å². The monoisotopic (exact) mass is 318 g/mol. The lowest BCUT2D eigenvalue weighted by Gasteiger charge is -2.21. The van der Waals surface area contributed by atoms with Crippen LogP contribution in [-0.2, 0) is 0 Å². The molecule has 1 heterocycles. The van der Waals surface area contributed by atoms with Crippen molar-refractivity contribution in [1.82, 2.24) is 9.55 Å². The Hall–Kier alpha value is -2.35. The molecule has 0 N–H and O–H groups in total. The van der Waals surface area contributed by atoms with Crippen LogP contribution in [0, 0.1) is 6.92 Å². The minimum absolute atomic E-state index is 0.465.